The number of hydrogen-bond donors (Lipinski definition) is 0. The largest absolute Gasteiger partial charge is 0.294 e. The summed E-state index contributed by atoms with van der Waals surface area (Å²) < 4.78 is 0. The molecule has 0 saturated heterocycles. The van der Waals surface area contributed by atoms with E-state index in [1.165, 1.54) is 11.1 Å². The van der Waals surface area contributed by atoms with Gasteiger partial charge in [0.2, 0.25) is 0 Å². The first-order chi connectivity index (χ1) is 6.58. The molecular weight excluding hydrogens is 172 g/mol. The van der Waals surface area contributed by atoms with Gasteiger partial charge in [-0.15, -0.1) is 0 Å². The van der Waals surface area contributed by atoms with Crippen LogP contribution in [0.2, 0.25) is 0 Å². The molecule has 1 saturated carbocycles. The Morgan fingerprint density at radius 1 is 1.21 bits per heavy atom. The molecule has 1 fully saturated rings. The highest BCUT2D eigenvalue weighted by molar-refractivity contribution is 5.99. The number of benzene rings is 1. The second kappa shape index (κ2) is 3.23. The molecule has 1 aliphatic carbocycles. The number of Topliss-reactive ketones (excluding diaryl/α,β-unsaturated/α-hetero) is 1. The van der Waals surface area contributed by atoms with Crippen molar-refractivity contribution in [2.24, 2.45) is 11.8 Å². The average molecular weight is 188 g/mol. The van der Waals surface area contributed by atoms with Gasteiger partial charge in [-0.2, -0.15) is 0 Å². The van der Waals surface area contributed by atoms with Gasteiger partial charge in [0.15, 0.2) is 5.78 Å². The zero-order chi connectivity index (χ0) is 10.3. The summed E-state index contributed by atoms with van der Waals surface area (Å²) in [5, 5.41) is 0. The van der Waals surface area contributed by atoms with Gasteiger partial charge >= 0.3 is 0 Å². The van der Waals surface area contributed by atoms with E-state index in [0.717, 1.165) is 12.0 Å². The highest BCUT2D eigenvalue weighted by atomic mass is 16.1. The molecule has 0 aromatic heterocycles. The molecule has 0 unspecified atom stereocenters. The quantitative estimate of drug-likeness (QED) is 0.652. The van der Waals surface area contributed by atoms with Crippen LogP contribution in [0.4, 0.5) is 0 Å². The lowest BCUT2D eigenvalue weighted by atomic mass is 10.0. The van der Waals surface area contributed by atoms with Crippen LogP contribution in [0, 0.1) is 25.7 Å². The van der Waals surface area contributed by atoms with Crippen LogP contribution in [0.25, 0.3) is 0 Å². The number of rotatable bonds is 2. The standard InChI is InChI=1S/C13H16O/c1-8-4-9(2)6-11(5-8)13(14)12-7-10(12)3/h4-6,10,12H,7H2,1-3H3/t10-,12-/m0/s1. The smallest absolute Gasteiger partial charge is 0.166 e. The van der Waals surface area contributed by atoms with Gasteiger partial charge in [0.25, 0.3) is 0 Å². The molecule has 14 heavy (non-hydrogen) atoms. The topological polar surface area (TPSA) is 17.1 Å². The first-order valence-corrected chi connectivity index (χ1v) is 5.20. The van der Waals surface area contributed by atoms with Crippen LogP contribution in [0.5, 0.6) is 0 Å². The number of hydrogen-bond acceptors (Lipinski definition) is 1. The third-order valence-electron chi connectivity index (χ3n) is 2.95. The van der Waals surface area contributed by atoms with Gasteiger partial charge in [0.1, 0.15) is 0 Å². The van der Waals surface area contributed by atoms with Crippen molar-refractivity contribution < 1.29 is 4.79 Å². The fourth-order valence-corrected chi connectivity index (χ4v) is 2.02. The van der Waals surface area contributed by atoms with E-state index in [-0.39, 0.29) is 0 Å². The lowest BCUT2D eigenvalue weighted by Crippen LogP contribution is -2.03. The Labute approximate surface area is 85.1 Å². The number of carbonyl (C=O) groups is 1. The van der Waals surface area contributed by atoms with Gasteiger partial charge in [0.05, 0.1) is 0 Å². The molecule has 0 radical (unpaired) electrons. The summed E-state index contributed by atoms with van der Waals surface area (Å²) in [4.78, 5) is 11.9. The maximum Gasteiger partial charge on any atom is 0.166 e. The molecule has 74 valence electrons. The van der Waals surface area contributed by atoms with Crippen molar-refractivity contribution in [1.29, 1.82) is 0 Å². The van der Waals surface area contributed by atoms with Crippen LogP contribution in [-0.4, -0.2) is 5.78 Å². The van der Waals surface area contributed by atoms with E-state index in [1.807, 2.05) is 26.0 Å². The first kappa shape index (κ1) is 9.45. The highest BCUT2D eigenvalue weighted by Gasteiger charge is 2.39. The van der Waals surface area contributed by atoms with E-state index < -0.39 is 0 Å². The van der Waals surface area contributed by atoms with Crippen molar-refractivity contribution in [3.63, 3.8) is 0 Å². The van der Waals surface area contributed by atoms with Crippen LogP contribution in [0.15, 0.2) is 18.2 Å². The van der Waals surface area contributed by atoms with Gasteiger partial charge < -0.3 is 0 Å². The van der Waals surface area contributed by atoms with Crippen LogP contribution in [0.3, 0.4) is 0 Å². The minimum absolute atomic E-state index is 0.302. The Morgan fingerprint density at radius 2 is 1.71 bits per heavy atom. The van der Waals surface area contributed by atoms with Gasteiger partial charge in [0, 0.05) is 11.5 Å². The summed E-state index contributed by atoms with van der Waals surface area (Å²) >= 11 is 0. The van der Waals surface area contributed by atoms with Gasteiger partial charge in [-0.3, -0.25) is 4.79 Å². The third kappa shape index (κ3) is 1.72. The third-order valence-corrected chi connectivity index (χ3v) is 2.95. The molecule has 0 amide bonds. The molecule has 1 nitrogen and oxygen atoms in total. The van der Waals surface area contributed by atoms with Crippen molar-refractivity contribution in [2.45, 2.75) is 27.2 Å². The van der Waals surface area contributed by atoms with Crippen LogP contribution < -0.4 is 0 Å². The summed E-state index contributed by atoms with van der Waals surface area (Å²) in [7, 11) is 0. The maximum atomic E-state index is 11.9. The predicted octanol–water partition coefficient (Wildman–Crippen LogP) is 3.14. The minimum atomic E-state index is 0.302. The molecule has 1 aromatic carbocycles. The summed E-state index contributed by atoms with van der Waals surface area (Å²) in [6, 6.07) is 6.11. The van der Waals surface area contributed by atoms with Gasteiger partial charge in [-0.05, 0) is 38.3 Å². The summed E-state index contributed by atoms with van der Waals surface area (Å²) in [5.41, 5.74) is 3.26. The number of carbonyl (C=O) groups excluding carboxylic acids is 1. The second-order valence-electron chi connectivity index (χ2n) is 4.56. The molecular formula is C13H16O. The fourth-order valence-electron chi connectivity index (χ4n) is 2.02. The zero-order valence-electron chi connectivity index (χ0n) is 9.00. The molecule has 0 N–H and O–H groups in total. The molecule has 0 spiro atoms. The van der Waals surface area contributed by atoms with Crippen molar-refractivity contribution in [3.8, 4) is 0 Å². The van der Waals surface area contributed by atoms with Gasteiger partial charge in [-0.1, -0.05) is 24.1 Å². The van der Waals surface area contributed by atoms with E-state index in [9.17, 15) is 4.79 Å². The molecule has 1 aromatic rings. The lowest BCUT2D eigenvalue weighted by molar-refractivity contribution is 0.0962. The molecule has 0 heterocycles. The van der Waals surface area contributed by atoms with Crippen molar-refractivity contribution in [3.05, 3.63) is 34.9 Å². The summed E-state index contributed by atoms with van der Waals surface area (Å²) in [6.45, 7) is 6.23. The summed E-state index contributed by atoms with van der Waals surface area (Å²) in [6.07, 6.45) is 1.08. The first-order valence-electron chi connectivity index (χ1n) is 5.20. The summed E-state index contributed by atoms with van der Waals surface area (Å²) in [5.74, 6) is 1.24. The highest BCUT2D eigenvalue weighted by Crippen LogP contribution is 2.40. The lowest BCUT2D eigenvalue weighted by Gasteiger charge is -2.03. The second-order valence-corrected chi connectivity index (χ2v) is 4.56. The Morgan fingerprint density at radius 3 is 2.14 bits per heavy atom. The monoisotopic (exact) mass is 188 g/mol. The Kier molecular flexibility index (Phi) is 2.18. The van der Waals surface area contributed by atoms with E-state index >= 15 is 0 Å². The van der Waals surface area contributed by atoms with Crippen molar-refractivity contribution in [2.75, 3.05) is 0 Å². The number of aryl methyl sites for hydroxylation is 2. The Balaban J connectivity index is 2.27. The normalized spacial score (nSPS) is 24.8. The molecule has 1 aliphatic rings. The molecule has 0 aliphatic heterocycles. The van der Waals surface area contributed by atoms with Crippen molar-refractivity contribution >= 4 is 5.78 Å². The molecule has 1 heteroatoms. The van der Waals surface area contributed by atoms with E-state index in [4.69, 9.17) is 0 Å². The minimum Gasteiger partial charge on any atom is -0.294 e. The molecule has 2 atom stereocenters. The predicted molar refractivity (Wildman–Crippen MR) is 57.5 cm³/mol. The zero-order valence-corrected chi connectivity index (χ0v) is 9.00. The van der Waals surface area contributed by atoms with Crippen LogP contribution >= 0.6 is 0 Å². The van der Waals surface area contributed by atoms with E-state index in [2.05, 4.69) is 13.0 Å². The van der Waals surface area contributed by atoms with E-state index in [0.29, 0.717) is 17.6 Å². The van der Waals surface area contributed by atoms with Crippen LogP contribution in [-0.2, 0) is 0 Å². The maximum absolute atomic E-state index is 11.9. The van der Waals surface area contributed by atoms with Crippen molar-refractivity contribution in [1.82, 2.24) is 0 Å². The SMILES string of the molecule is Cc1cc(C)cc(C(=O)[C@H]2C[C@@H]2C)c1. The van der Waals surface area contributed by atoms with Gasteiger partial charge in [-0.25, -0.2) is 0 Å². The van der Waals surface area contributed by atoms with E-state index in [1.54, 1.807) is 0 Å². The average Bonchev–Trinajstić information content (AvgIpc) is 2.79. The number of ketones is 1. The van der Waals surface area contributed by atoms with Crippen LogP contribution in [0.1, 0.15) is 34.8 Å². The Bertz CT molecular complexity index is 359. The molecule has 2 rings (SSSR count). The fraction of sp³-hybridized carbons (Fsp3) is 0.462. The molecule has 0 bridgehead atoms. The Hall–Kier alpha value is -1.11.